The number of amides is 1. The third-order valence-corrected chi connectivity index (χ3v) is 2.13. The number of carbonyl (C=O) groups excluding carboxylic acids is 2. The van der Waals surface area contributed by atoms with Gasteiger partial charge in [0.15, 0.2) is 0 Å². The number of hydrogen-bond donors (Lipinski definition) is 2. The highest BCUT2D eigenvalue weighted by atomic mass is 16.2. The van der Waals surface area contributed by atoms with Crippen LogP contribution < -0.4 is 11.1 Å². The molecule has 0 saturated heterocycles. The van der Waals surface area contributed by atoms with Crippen LogP contribution in [0.3, 0.4) is 0 Å². The highest BCUT2D eigenvalue weighted by molar-refractivity contribution is 5.83. The minimum Gasteiger partial charge on any atom is -0.345 e. The van der Waals surface area contributed by atoms with Crippen molar-refractivity contribution in [2.24, 2.45) is 11.7 Å². The zero-order chi connectivity index (χ0) is 10.4. The first-order valence-corrected chi connectivity index (χ1v) is 4.54. The van der Waals surface area contributed by atoms with E-state index in [4.69, 9.17) is 5.73 Å². The first-order chi connectivity index (χ1) is 6.02. The topological polar surface area (TPSA) is 72.2 Å². The van der Waals surface area contributed by atoms with E-state index in [1.54, 1.807) is 6.92 Å². The summed E-state index contributed by atoms with van der Waals surface area (Å²) in [5.74, 6) is -0.127. The van der Waals surface area contributed by atoms with Crippen LogP contribution in [0.25, 0.3) is 0 Å². The molecule has 0 fully saturated rings. The summed E-state index contributed by atoms with van der Waals surface area (Å²) < 4.78 is 0. The predicted octanol–water partition coefficient (Wildman–Crippen LogP) is 0.0634. The van der Waals surface area contributed by atoms with Gasteiger partial charge in [-0.1, -0.05) is 20.3 Å². The third kappa shape index (κ3) is 4.03. The van der Waals surface area contributed by atoms with Crippen LogP contribution >= 0.6 is 0 Å². The number of nitrogens with two attached hydrogens (primary N) is 1. The molecule has 3 unspecified atom stereocenters. The molecule has 0 heterocycles. The molecule has 0 saturated carbocycles. The van der Waals surface area contributed by atoms with Crippen LogP contribution in [0.15, 0.2) is 0 Å². The molecule has 0 aromatic heterocycles. The van der Waals surface area contributed by atoms with E-state index < -0.39 is 12.1 Å². The lowest BCUT2D eigenvalue weighted by molar-refractivity contribution is -0.125. The van der Waals surface area contributed by atoms with Crippen molar-refractivity contribution in [2.75, 3.05) is 0 Å². The average Bonchev–Trinajstić information content (AvgIpc) is 2.12. The smallest absolute Gasteiger partial charge is 0.237 e. The van der Waals surface area contributed by atoms with Crippen molar-refractivity contribution in [1.29, 1.82) is 0 Å². The SMILES string of the molecule is CCC(C)C(C=O)NC(=O)C(C)N. The molecule has 0 aromatic rings. The van der Waals surface area contributed by atoms with Gasteiger partial charge in [-0.15, -0.1) is 0 Å². The molecule has 0 aliphatic heterocycles. The second kappa shape index (κ2) is 5.70. The minimum absolute atomic E-state index is 0.153. The molecule has 0 radical (unpaired) electrons. The zero-order valence-corrected chi connectivity index (χ0v) is 8.41. The summed E-state index contributed by atoms with van der Waals surface area (Å²) in [4.78, 5) is 21.7. The van der Waals surface area contributed by atoms with Crippen LogP contribution in [-0.4, -0.2) is 24.3 Å². The van der Waals surface area contributed by atoms with Gasteiger partial charge in [0.25, 0.3) is 0 Å². The molecule has 0 bridgehead atoms. The van der Waals surface area contributed by atoms with Gasteiger partial charge < -0.3 is 15.8 Å². The Morgan fingerprint density at radius 1 is 1.54 bits per heavy atom. The van der Waals surface area contributed by atoms with E-state index >= 15 is 0 Å². The zero-order valence-electron chi connectivity index (χ0n) is 8.41. The van der Waals surface area contributed by atoms with Crippen molar-refractivity contribution in [3.63, 3.8) is 0 Å². The summed E-state index contributed by atoms with van der Waals surface area (Å²) in [5, 5.41) is 2.58. The maximum Gasteiger partial charge on any atom is 0.237 e. The van der Waals surface area contributed by atoms with Gasteiger partial charge in [0, 0.05) is 0 Å². The molecule has 0 aliphatic rings. The summed E-state index contributed by atoms with van der Waals surface area (Å²) in [6.07, 6.45) is 1.61. The van der Waals surface area contributed by atoms with E-state index in [9.17, 15) is 9.59 Å². The summed E-state index contributed by atoms with van der Waals surface area (Å²) in [5.41, 5.74) is 5.35. The van der Waals surface area contributed by atoms with Gasteiger partial charge >= 0.3 is 0 Å². The highest BCUT2D eigenvalue weighted by Gasteiger charge is 2.18. The molecule has 76 valence electrons. The summed E-state index contributed by atoms with van der Waals surface area (Å²) in [7, 11) is 0. The number of hydrogen-bond acceptors (Lipinski definition) is 3. The standard InChI is InChI=1S/C9H18N2O2/c1-4-6(2)8(5-12)11-9(13)7(3)10/h5-8H,4,10H2,1-3H3,(H,11,13). The van der Waals surface area contributed by atoms with Gasteiger partial charge in [0.2, 0.25) is 5.91 Å². The molecule has 1 amide bonds. The molecular weight excluding hydrogens is 168 g/mol. The Bertz CT molecular complexity index is 180. The molecule has 0 aromatic carbocycles. The summed E-state index contributed by atoms with van der Waals surface area (Å²) in [6, 6.07) is -0.977. The molecule has 3 atom stereocenters. The monoisotopic (exact) mass is 186 g/mol. The van der Waals surface area contributed by atoms with Crippen LogP contribution in [0.1, 0.15) is 27.2 Å². The number of nitrogens with one attached hydrogen (secondary N) is 1. The molecule has 0 spiro atoms. The van der Waals surface area contributed by atoms with E-state index in [0.717, 1.165) is 12.7 Å². The van der Waals surface area contributed by atoms with Crippen LogP contribution in [0.5, 0.6) is 0 Å². The maximum absolute atomic E-state index is 11.1. The predicted molar refractivity (Wildman–Crippen MR) is 51.1 cm³/mol. The number of aldehydes is 1. The van der Waals surface area contributed by atoms with Crippen molar-refractivity contribution in [3.05, 3.63) is 0 Å². The summed E-state index contributed by atoms with van der Waals surface area (Å²) in [6.45, 7) is 5.48. The normalized spacial score (nSPS) is 17.2. The quantitative estimate of drug-likeness (QED) is 0.596. The van der Waals surface area contributed by atoms with Crippen molar-refractivity contribution < 1.29 is 9.59 Å². The minimum atomic E-state index is -0.563. The lowest BCUT2D eigenvalue weighted by atomic mass is 10.0. The van der Waals surface area contributed by atoms with E-state index in [0.29, 0.717) is 0 Å². The molecule has 13 heavy (non-hydrogen) atoms. The van der Waals surface area contributed by atoms with Crippen LogP contribution in [0.2, 0.25) is 0 Å². The Morgan fingerprint density at radius 2 is 2.08 bits per heavy atom. The van der Waals surface area contributed by atoms with Gasteiger partial charge in [-0.3, -0.25) is 4.79 Å². The van der Waals surface area contributed by atoms with Crippen LogP contribution in [-0.2, 0) is 9.59 Å². The van der Waals surface area contributed by atoms with Gasteiger partial charge in [-0.2, -0.15) is 0 Å². The first kappa shape index (κ1) is 12.1. The molecular formula is C9H18N2O2. The Labute approximate surface area is 78.9 Å². The number of carbonyl (C=O) groups is 2. The van der Waals surface area contributed by atoms with Crippen LogP contribution in [0, 0.1) is 5.92 Å². The van der Waals surface area contributed by atoms with Gasteiger partial charge in [-0.25, -0.2) is 0 Å². The highest BCUT2D eigenvalue weighted by Crippen LogP contribution is 2.05. The van der Waals surface area contributed by atoms with Crippen molar-refractivity contribution in [1.82, 2.24) is 5.32 Å². The lowest BCUT2D eigenvalue weighted by Crippen LogP contribution is -2.47. The molecule has 3 N–H and O–H groups in total. The fourth-order valence-electron chi connectivity index (χ4n) is 0.860. The second-order valence-corrected chi connectivity index (χ2v) is 3.34. The molecule has 4 nitrogen and oxygen atoms in total. The molecule has 0 aliphatic carbocycles. The third-order valence-electron chi connectivity index (χ3n) is 2.13. The largest absolute Gasteiger partial charge is 0.345 e. The fraction of sp³-hybridized carbons (Fsp3) is 0.778. The Balaban J connectivity index is 4.12. The second-order valence-electron chi connectivity index (χ2n) is 3.34. The fourth-order valence-corrected chi connectivity index (χ4v) is 0.860. The van der Waals surface area contributed by atoms with Crippen molar-refractivity contribution >= 4 is 12.2 Å². The Hall–Kier alpha value is -0.900. The van der Waals surface area contributed by atoms with E-state index in [2.05, 4.69) is 5.32 Å². The molecule has 4 heteroatoms. The number of rotatable bonds is 5. The lowest BCUT2D eigenvalue weighted by Gasteiger charge is -2.19. The van der Waals surface area contributed by atoms with E-state index in [1.807, 2.05) is 13.8 Å². The van der Waals surface area contributed by atoms with Gasteiger partial charge in [-0.05, 0) is 12.8 Å². The van der Waals surface area contributed by atoms with E-state index in [-0.39, 0.29) is 11.8 Å². The van der Waals surface area contributed by atoms with Crippen molar-refractivity contribution in [3.8, 4) is 0 Å². The van der Waals surface area contributed by atoms with Gasteiger partial charge in [0.05, 0.1) is 12.1 Å². The van der Waals surface area contributed by atoms with Gasteiger partial charge in [0.1, 0.15) is 6.29 Å². The Morgan fingerprint density at radius 3 is 2.38 bits per heavy atom. The molecule has 0 rings (SSSR count). The first-order valence-electron chi connectivity index (χ1n) is 4.54. The summed E-state index contributed by atoms with van der Waals surface area (Å²) >= 11 is 0. The maximum atomic E-state index is 11.1. The van der Waals surface area contributed by atoms with Crippen LogP contribution in [0.4, 0.5) is 0 Å². The van der Waals surface area contributed by atoms with E-state index in [1.165, 1.54) is 0 Å². The van der Waals surface area contributed by atoms with Crippen molar-refractivity contribution in [2.45, 2.75) is 39.3 Å². The average molecular weight is 186 g/mol. The Kier molecular flexibility index (Phi) is 5.30.